The minimum atomic E-state index is -0.306. The van der Waals surface area contributed by atoms with Gasteiger partial charge in [0.2, 0.25) is 5.91 Å². The third-order valence-corrected chi connectivity index (χ3v) is 5.02. The summed E-state index contributed by atoms with van der Waals surface area (Å²) in [5.41, 5.74) is 3.54. The maximum absolute atomic E-state index is 12.5. The summed E-state index contributed by atoms with van der Waals surface area (Å²) in [5, 5.41) is 5.81. The molecule has 1 atom stereocenters. The van der Waals surface area contributed by atoms with Crippen LogP contribution < -0.4 is 25.0 Å². The Labute approximate surface area is 163 Å². The van der Waals surface area contributed by atoms with E-state index in [0.717, 1.165) is 22.5 Å². The van der Waals surface area contributed by atoms with Crippen LogP contribution in [0.1, 0.15) is 17.5 Å². The van der Waals surface area contributed by atoms with Gasteiger partial charge in [-0.25, -0.2) is 4.79 Å². The van der Waals surface area contributed by atoms with Crippen LogP contribution in [0.2, 0.25) is 0 Å². The van der Waals surface area contributed by atoms with Gasteiger partial charge < -0.3 is 25.0 Å². The second-order valence-electron chi connectivity index (χ2n) is 7.10. The van der Waals surface area contributed by atoms with Gasteiger partial charge in [0, 0.05) is 30.4 Å². The third-order valence-electron chi connectivity index (χ3n) is 5.02. The maximum Gasteiger partial charge on any atom is 0.319 e. The van der Waals surface area contributed by atoms with Gasteiger partial charge >= 0.3 is 6.03 Å². The molecule has 4 rings (SSSR count). The number of nitrogens with zero attached hydrogens (tertiary/aromatic N) is 1. The summed E-state index contributed by atoms with van der Waals surface area (Å²) in [6.45, 7) is 5.33. The molecule has 2 heterocycles. The second kappa shape index (κ2) is 7.42. The van der Waals surface area contributed by atoms with Crippen molar-refractivity contribution in [3.63, 3.8) is 0 Å². The molecule has 0 unspecified atom stereocenters. The number of aryl methyl sites for hydroxylation is 2. The fraction of sp³-hybridized carbons (Fsp3) is 0.333. The van der Waals surface area contributed by atoms with Crippen molar-refractivity contribution in [1.82, 2.24) is 5.32 Å². The first-order valence-electron chi connectivity index (χ1n) is 9.35. The Morgan fingerprint density at radius 1 is 1.07 bits per heavy atom. The number of ether oxygens (including phenoxy) is 2. The summed E-state index contributed by atoms with van der Waals surface area (Å²) < 4.78 is 11.1. The molecule has 0 radical (unpaired) electrons. The number of amides is 3. The Morgan fingerprint density at radius 2 is 1.79 bits per heavy atom. The number of fused-ring (bicyclic) bond motifs is 1. The summed E-state index contributed by atoms with van der Waals surface area (Å²) in [7, 11) is 0. The van der Waals surface area contributed by atoms with Crippen LogP contribution in [0.25, 0.3) is 0 Å². The van der Waals surface area contributed by atoms with E-state index in [9.17, 15) is 9.59 Å². The zero-order valence-electron chi connectivity index (χ0n) is 16.0. The van der Waals surface area contributed by atoms with Crippen molar-refractivity contribution >= 4 is 23.3 Å². The summed E-state index contributed by atoms with van der Waals surface area (Å²) in [6.07, 6.45) is 0.259. The summed E-state index contributed by atoms with van der Waals surface area (Å²) >= 11 is 0. The average molecular weight is 381 g/mol. The number of carbonyl (C=O) groups is 2. The lowest BCUT2D eigenvalue weighted by Gasteiger charge is -2.22. The van der Waals surface area contributed by atoms with Gasteiger partial charge in [-0.1, -0.05) is 18.2 Å². The van der Waals surface area contributed by atoms with Crippen LogP contribution in [0.4, 0.5) is 16.2 Å². The van der Waals surface area contributed by atoms with Gasteiger partial charge in [-0.05, 0) is 37.1 Å². The Kier molecular flexibility index (Phi) is 4.81. The second-order valence-corrected chi connectivity index (χ2v) is 7.10. The van der Waals surface area contributed by atoms with E-state index in [1.54, 1.807) is 4.90 Å². The van der Waals surface area contributed by atoms with Gasteiger partial charge in [-0.2, -0.15) is 0 Å². The van der Waals surface area contributed by atoms with Crippen molar-refractivity contribution in [2.45, 2.75) is 26.3 Å². The minimum absolute atomic E-state index is 0.0333. The molecule has 0 spiro atoms. The first kappa shape index (κ1) is 18.2. The molecule has 0 aliphatic carbocycles. The van der Waals surface area contributed by atoms with E-state index >= 15 is 0 Å². The van der Waals surface area contributed by atoms with Gasteiger partial charge in [0.15, 0.2) is 11.5 Å². The van der Waals surface area contributed by atoms with E-state index in [1.165, 1.54) is 0 Å². The highest BCUT2D eigenvalue weighted by Crippen LogP contribution is 2.35. The van der Waals surface area contributed by atoms with Gasteiger partial charge in [0.25, 0.3) is 0 Å². The van der Waals surface area contributed by atoms with Crippen molar-refractivity contribution in [2.75, 3.05) is 30.0 Å². The van der Waals surface area contributed by atoms with E-state index < -0.39 is 0 Å². The van der Waals surface area contributed by atoms with E-state index in [-0.39, 0.29) is 24.4 Å². The van der Waals surface area contributed by atoms with Crippen LogP contribution in [-0.2, 0) is 4.79 Å². The molecule has 1 saturated heterocycles. The SMILES string of the molecule is Cc1cccc(C)c1NC(=O)N[C@H]1CC(=O)N(c2ccc3c(c2)OCCO3)C1. The summed E-state index contributed by atoms with van der Waals surface area (Å²) in [5.74, 6) is 1.29. The molecule has 0 aromatic heterocycles. The Hall–Kier alpha value is -3.22. The van der Waals surface area contributed by atoms with Crippen LogP contribution >= 0.6 is 0 Å². The van der Waals surface area contributed by atoms with Gasteiger partial charge in [-0.3, -0.25) is 4.79 Å². The van der Waals surface area contributed by atoms with Crippen molar-refractivity contribution in [2.24, 2.45) is 0 Å². The zero-order chi connectivity index (χ0) is 19.7. The first-order valence-corrected chi connectivity index (χ1v) is 9.35. The van der Waals surface area contributed by atoms with Crippen LogP contribution in [0.3, 0.4) is 0 Å². The number of urea groups is 1. The number of hydrogen-bond donors (Lipinski definition) is 2. The fourth-order valence-corrected chi connectivity index (χ4v) is 3.60. The van der Waals surface area contributed by atoms with Gasteiger partial charge in [0.05, 0.1) is 6.04 Å². The van der Waals surface area contributed by atoms with E-state index in [1.807, 2.05) is 50.2 Å². The van der Waals surface area contributed by atoms with E-state index in [4.69, 9.17) is 9.47 Å². The quantitative estimate of drug-likeness (QED) is 0.857. The van der Waals surface area contributed by atoms with Crippen molar-refractivity contribution < 1.29 is 19.1 Å². The Morgan fingerprint density at radius 3 is 2.54 bits per heavy atom. The molecule has 28 heavy (non-hydrogen) atoms. The highest BCUT2D eigenvalue weighted by atomic mass is 16.6. The Balaban J connectivity index is 1.41. The number of benzene rings is 2. The maximum atomic E-state index is 12.5. The van der Waals surface area contributed by atoms with Crippen molar-refractivity contribution in [3.8, 4) is 11.5 Å². The molecule has 2 aromatic carbocycles. The first-order chi connectivity index (χ1) is 13.5. The molecule has 2 aromatic rings. The number of carbonyl (C=O) groups excluding carboxylic acids is 2. The number of nitrogens with one attached hydrogen (secondary N) is 2. The van der Waals surface area contributed by atoms with Crippen LogP contribution in [0.15, 0.2) is 36.4 Å². The predicted molar refractivity (Wildman–Crippen MR) is 106 cm³/mol. The molecule has 3 amide bonds. The molecular formula is C21H23N3O4. The molecule has 7 heteroatoms. The molecule has 146 valence electrons. The smallest absolute Gasteiger partial charge is 0.319 e. The van der Waals surface area contributed by atoms with Crippen molar-refractivity contribution in [3.05, 3.63) is 47.5 Å². The lowest BCUT2D eigenvalue weighted by Crippen LogP contribution is -2.40. The number of anilines is 2. The zero-order valence-corrected chi connectivity index (χ0v) is 16.0. The molecular weight excluding hydrogens is 358 g/mol. The average Bonchev–Trinajstić information content (AvgIpc) is 3.04. The standard InChI is InChI=1S/C21H23N3O4/c1-13-4-3-5-14(2)20(13)23-21(26)22-15-10-19(25)24(12-15)16-6-7-17-18(11-16)28-9-8-27-17/h3-7,11,15H,8-10,12H2,1-2H3,(H2,22,23,26)/t15-/m0/s1. The predicted octanol–water partition coefficient (Wildman–Crippen LogP) is 3.00. The molecule has 1 fully saturated rings. The van der Waals surface area contributed by atoms with Crippen LogP contribution in [0.5, 0.6) is 11.5 Å². The number of hydrogen-bond acceptors (Lipinski definition) is 4. The summed E-state index contributed by atoms with van der Waals surface area (Å²) in [6, 6.07) is 10.7. The lowest BCUT2D eigenvalue weighted by molar-refractivity contribution is -0.117. The molecule has 7 nitrogen and oxygen atoms in total. The number of para-hydroxylation sites is 1. The monoisotopic (exact) mass is 381 g/mol. The minimum Gasteiger partial charge on any atom is -0.486 e. The molecule has 0 saturated carbocycles. The largest absolute Gasteiger partial charge is 0.486 e. The highest BCUT2D eigenvalue weighted by Gasteiger charge is 2.32. The van der Waals surface area contributed by atoms with Gasteiger partial charge in [0.1, 0.15) is 13.2 Å². The third kappa shape index (κ3) is 3.60. The lowest BCUT2D eigenvalue weighted by atomic mass is 10.1. The van der Waals surface area contributed by atoms with E-state index in [2.05, 4.69) is 10.6 Å². The highest BCUT2D eigenvalue weighted by molar-refractivity contribution is 5.98. The van der Waals surface area contributed by atoms with Crippen molar-refractivity contribution in [1.29, 1.82) is 0 Å². The van der Waals surface area contributed by atoms with E-state index in [0.29, 0.717) is 31.3 Å². The molecule has 2 aliphatic heterocycles. The number of rotatable bonds is 3. The topological polar surface area (TPSA) is 79.9 Å². The fourth-order valence-electron chi connectivity index (χ4n) is 3.60. The van der Waals surface area contributed by atoms with Crippen LogP contribution in [0, 0.1) is 13.8 Å². The Bertz CT molecular complexity index is 908. The van der Waals surface area contributed by atoms with Gasteiger partial charge in [-0.15, -0.1) is 0 Å². The molecule has 0 bridgehead atoms. The normalized spacial score (nSPS) is 18.1. The summed E-state index contributed by atoms with van der Waals surface area (Å²) in [4.78, 5) is 26.6. The molecule has 2 N–H and O–H groups in total. The van der Waals surface area contributed by atoms with Crippen LogP contribution in [-0.4, -0.2) is 37.7 Å². The molecule has 2 aliphatic rings.